The van der Waals surface area contributed by atoms with Crippen LogP contribution in [0.1, 0.15) is 105 Å². The highest BCUT2D eigenvalue weighted by atomic mass is 32.2. The fourth-order valence-electron chi connectivity index (χ4n) is 9.15. The van der Waals surface area contributed by atoms with E-state index >= 15 is 0 Å². The molecule has 0 radical (unpaired) electrons. The summed E-state index contributed by atoms with van der Waals surface area (Å²) in [5, 5.41) is 0.405. The molecule has 4 heterocycles. The van der Waals surface area contributed by atoms with Gasteiger partial charge in [-0.15, -0.1) is 0 Å². The number of amides is 2. The second kappa shape index (κ2) is 11.4. The van der Waals surface area contributed by atoms with Gasteiger partial charge in [0, 0.05) is 34.5 Å². The fourth-order valence-corrected chi connectivity index (χ4v) is 10.2. The van der Waals surface area contributed by atoms with Gasteiger partial charge in [-0.25, -0.2) is 13.1 Å². The molecule has 5 aliphatic rings. The third-order valence-corrected chi connectivity index (χ3v) is 13.9. The van der Waals surface area contributed by atoms with Gasteiger partial charge < -0.3 is 18.9 Å². The summed E-state index contributed by atoms with van der Waals surface area (Å²) in [6.07, 6.45) is 8.88. The first-order valence-electron chi connectivity index (χ1n) is 17.5. The van der Waals surface area contributed by atoms with E-state index in [1.165, 1.54) is 24.8 Å². The molecule has 2 aromatic carbocycles. The van der Waals surface area contributed by atoms with E-state index in [9.17, 15) is 18.0 Å². The van der Waals surface area contributed by atoms with Crippen molar-refractivity contribution in [3.63, 3.8) is 0 Å². The normalized spacial score (nSPS) is 27.4. The van der Waals surface area contributed by atoms with Crippen molar-refractivity contribution in [2.45, 2.75) is 107 Å². The van der Waals surface area contributed by atoms with Crippen LogP contribution in [0.5, 0.6) is 5.75 Å². The van der Waals surface area contributed by atoms with Gasteiger partial charge in [0.05, 0.1) is 48.8 Å². The lowest BCUT2D eigenvalue weighted by atomic mass is 9.81. The van der Waals surface area contributed by atoms with Gasteiger partial charge in [0.2, 0.25) is 15.9 Å². The molecule has 47 heavy (non-hydrogen) atoms. The third-order valence-electron chi connectivity index (χ3n) is 12.0. The van der Waals surface area contributed by atoms with E-state index < -0.39 is 26.6 Å². The molecule has 5 unspecified atom stereocenters. The van der Waals surface area contributed by atoms with Crippen LogP contribution >= 0.6 is 0 Å². The minimum atomic E-state index is -3.81. The third kappa shape index (κ3) is 4.84. The Labute approximate surface area is 277 Å². The van der Waals surface area contributed by atoms with Gasteiger partial charge in [0.15, 0.2) is 0 Å². The van der Waals surface area contributed by atoms with Crippen molar-refractivity contribution < 1.29 is 27.5 Å². The monoisotopic (exact) mass is 659 g/mol. The zero-order valence-corrected chi connectivity index (χ0v) is 28.4. The first-order chi connectivity index (χ1) is 22.7. The molecular weight excluding hydrogens is 614 g/mol. The number of ether oxygens (including phenoxy) is 2. The molecule has 2 saturated heterocycles. The van der Waals surface area contributed by atoms with Crippen molar-refractivity contribution in [2.24, 2.45) is 5.41 Å². The largest absolute Gasteiger partial charge is 0.497 e. The van der Waals surface area contributed by atoms with Crippen LogP contribution in [0.3, 0.4) is 0 Å². The molecule has 2 aliphatic carbocycles. The van der Waals surface area contributed by atoms with Gasteiger partial charge >= 0.3 is 0 Å². The first-order valence-corrected chi connectivity index (χ1v) is 19.0. The average Bonchev–Trinajstić information content (AvgIpc) is 3.68. The number of nitrogens with zero attached hydrogens (tertiary/aromatic N) is 2. The highest BCUT2D eigenvalue weighted by Gasteiger charge is 2.65. The van der Waals surface area contributed by atoms with Crippen molar-refractivity contribution in [2.75, 3.05) is 20.3 Å². The van der Waals surface area contributed by atoms with Crippen molar-refractivity contribution in [3.8, 4) is 17.0 Å². The standard InChI is InChI=1S/C37H45N3O6S/c1-4-22(2)47(43,44)38-35(41)24-10-14-29-32(16-24)39-21-37(36(42)40-25-11-12-26(40)20-46-19-25)18-31(37)30-17-27(45-3)13-15-28(30)34(39)33(29)23-8-6-5-7-9-23/h10,13-17,22-23,25-26,31H,4-9,11-12,18-21H2,1-3H3,(H,38,41). The second-order valence-electron chi connectivity index (χ2n) is 14.6. The molecule has 3 aromatic rings. The molecular formula is C37H45N3O6S. The highest BCUT2D eigenvalue weighted by molar-refractivity contribution is 7.90. The molecule has 2 bridgehead atoms. The predicted molar refractivity (Wildman–Crippen MR) is 180 cm³/mol. The number of carbonyl (C=O) groups excluding carboxylic acids is 2. The maximum Gasteiger partial charge on any atom is 0.264 e. The van der Waals surface area contributed by atoms with Crippen LogP contribution in [-0.4, -0.2) is 67.4 Å². The Bertz CT molecular complexity index is 1860. The lowest BCUT2D eigenvalue weighted by molar-refractivity contribution is -0.147. The van der Waals surface area contributed by atoms with Crippen LogP contribution in [-0.2, 0) is 26.1 Å². The van der Waals surface area contributed by atoms with Gasteiger partial charge in [0.25, 0.3) is 5.91 Å². The second-order valence-corrected chi connectivity index (χ2v) is 16.7. The van der Waals surface area contributed by atoms with E-state index in [-0.39, 0.29) is 23.9 Å². The molecule has 2 amide bonds. The maximum absolute atomic E-state index is 14.9. The Morgan fingerprint density at radius 1 is 1.04 bits per heavy atom. The molecule has 0 spiro atoms. The molecule has 2 saturated carbocycles. The topological polar surface area (TPSA) is 107 Å². The number of hydrogen-bond acceptors (Lipinski definition) is 6. The van der Waals surface area contributed by atoms with Crippen molar-refractivity contribution in [1.82, 2.24) is 14.2 Å². The van der Waals surface area contributed by atoms with E-state index in [1.807, 2.05) is 18.2 Å². The van der Waals surface area contributed by atoms with Crippen LogP contribution in [0.4, 0.5) is 0 Å². The van der Waals surface area contributed by atoms with Gasteiger partial charge in [-0.1, -0.05) is 32.3 Å². The maximum atomic E-state index is 14.9. The summed E-state index contributed by atoms with van der Waals surface area (Å²) in [6, 6.07) is 12.2. The Kier molecular flexibility index (Phi) is 7.48. The molecule has 10 heteroatoms. The Morgan fingerprint density at radius 3 is 2.49 bits per heavy atom. The molecule has 5 atom stereocenters. The van der Waals surface area contributed by atoms with E-state index in [1.54, 1.807) is 27.0 Å². The fraction of sp³-hybridized carbons (Fsp3) is 0.568. The van der Waals surface area contributed by atoms with Gasteiger partial charge in [0.1, 0.15) is 5.75 Å². The minimum absolute atomic E-state index is 0.0589. The molecule has 8 rings (SSSR count). The van der Waals surface area contributed by atoms with Crippen LogP contribution < -0.4 is 9.46 Å². The summed E-state index contributed by atoms with van der Waals surface area (Å²) in [5.41, 5.74) is 5.31. The number of nitrogens with one attached hydrogen (secondary N) is 1. The molecule has 1 N–H and O–H groups in total. The summed E-state index contributed by atoms with van der Waals surface area (Å²) in [7, 11) is -2.12. The Hall–Kier alpha value is -3.37. The zero-order chi connectivity index (χ0) is 32.7. The highest BCUT2D eigenvalue weighted by Crippen LogP contribution is 2.66. The lowest BCUT2D eigenvalue weighted by Crippen LogP contribution is -2.52. The van der Waals surface area contributed by atoms with Gasteiger partial charge in [-0.05, 0) is 92.8 Å². The Morgan fingerprint density at radius 2 is 1.79 bits per heavy atom. The zero-order valence-electron chi connectivity index (χ0n) is 27.6. The molecule has 3 aliphatic heterocycles. The van der Waals surface area contributed by atoms with E-state index in [2.05, 4.69) is 26.3 Å². The molecule has 9 nitrogen and oxygen atoms in total. The van der Waals surface area contributed by atoms with Crippen LogP contribution in [0, 0.1) is 5.41 Å². The summed E-state index contributed by atoms with van der Waals surface area (Å²) in [4.78, 5) is 30.5. The molecule has 1 aromatic heterocycles. The van der Waals surface area contributed by atoms with Crippen LogP contribution in [0.2, 0.25) is 0 Å². The summed E-state index contributed by atoms with van der Waals surface area (Å²) in [6.45, 7) is 5.10. The molecule has 4 fully saturated rings. The van der Waals surface area contributed by atoms with Crippen molar-refractivity contribution in [3.05, 3.63) is 53.1 Å². The van der Waals surface area contributed by atoms with E-state index in [0.29, 0.717) is 37.7 Å². The summed E-state index contributed by atoms with van der Waals surface area (Å²) >= 11 is 0. The number of morpholine rings is 1. The quantitative estimate of drug-likeness (QED) is 0.329. The number of rotatable bonds is 7. The Balaban J connectivity index is 1.32. The smallest absolute Gasteiger partial charge is 0.264 e. The van der Waals surface area contributed by atoms with Crippen molar-refractivity contribution in [1.29, 1.82) is 0 Å². The minimum Gasteiger partial charge on any atom is -0.497 e. The number of benzene rings is 2. The number of methoxy groups -OCH3 is 1. The van der Waals surface area contributed by atoms with Crippen LogP contribution in [0.25, 0.3) is 22.2 Å². The van der Waals surface area contributed by atoms with Crippen molar-refractivity contribution >= 4 is 32.7 Å². The van der Waals surface area contributed by atoms with Crippen LogP contribution in [0.15, 0.2) is 36.4 Å². The number of hydrogen-bond donors (Lipinski definition) is 1. The average molecular weight is 660 g/mol. The number of fused-ring (bicyclic) bond motifs is 9. The van der Waals surface area contributed by atoms with Gasteiger partial charge in [-0.2, -0.15) is 0 Å². The number of aromatic nitrogens is 1. The molecule has 250 valence electrons. The summed E-state index contributed by atoms with van der Waals surface area (Å²) < 4.78 is 42.0. The van der Waals surface area contributed by atoms with E-state index in [0.717, 1.165) is 65.6 Å². The predicted octanol–water partition coefficient (Wildman–Crippen LogP) is 6.10. The van der Waals surface area contributed by atoms with E-state index in [4.69, 9.17) is 9.47 Å². The number of sulfonamides is 1. The number of carbonyl (C=O) groups is 2. The lowest BCUT2D eigenvalue weighted by Gasteiger charge is -2.37. The summed E-state index contributed by atoms with van der Waals surface area (Å²) in [5.74, 6) is 0.798. The van der Waals surface area contributed by atoms with Gasteiger partial charge in [-0.3, -0.25) is 9.59 Å². The SMILES string of the molecule is CCC(C)S(=O)(=O)NC(=O)c1ccc2c(C3CCCCC3)c3n(c2c1)CC1(C(=O)N2C4CCC2COC4)CC1c1cc(OC)ccc1-3. The first kappa shape index (κ1) is 30.9.